The lowest BCUT2D eigenvalue weighted by Crippen LogP contribution is -2.43. The molecule has 4 rings (SSSR count). The van der Waals surface area contributed by atoms with Crippen LogP contribution in [-0.2, 0) is 7.05 Å². The number of nitrogens with zero attached hydrogens (tertiary/aromatic N) is 4. The summed E-state index contributed by atoms with van der Waals surface area (Å²) in [5.74, 6) is 0.838. The second kappa shape index (κ2) is 6.57. The van der Waals surface area contributed by atoms with Crippen LogP contribution in [0.25, 0.3) is 22.6 Å². The lowest BCUT2D eigenvalue weighted by molar-refractivity contribution is -0.631. The van der Waals surface area contributed by atoms with Crippen LogP contribution in [0, 0.1) is 0 Å². The smallest absolute Gasteiger partial charge is 0.242 e. The molecule has 2 heterocycles. The molecule has 2 aromatic carbocycles. The summed E-state index contributed by atoms with van der Waals surface area (Å²) < 4.78 is 3.93. The highest BCUT2D eigenvalue weighted by molar-refractivity contribution is 5.62. The fourth-order valence-electron chi connectivity index (χ4n) is 2.80. The van der Waals surface area contributed by atoms with Gasteiger partial charge in [-0.3, -0.25) is 0 Å². The van der Waals surface area contributed by atoms with E-state index in [9.17, 15) is 0 Å². The van der Waals surface area contributed by atoms with Gasteiger partial charge in [0.1, 0.15) is 6.33 Å². The monoisotopic (exact) mass is 328 g/mol. The van der Waals surface area contributed by atoms with Crippen molar-refractivity contribution in [3.05, 3.63) is 85.3 Å². The average molecular weight is 328 g/mol. The molecule has 0 aliphatic carbocycles. The van der Waals surface area contributed by atoms with E-state index in [1.54, 1.807) is 6.33 Å². The summed E-state index contributed by atoms with van der Waals surface area (Å²) in [6.07, 6.45) is 3.71. The zero-order chi connectivity index (χ0) is 17.1. The van der Waals surface area contributed by atoms with Crippen LogP contribution in [0.5, 0.6) is 0 Å². The topological polar surface area (TPSA) is 46.6 Å². The summed E-state index contributed by atoms with van der Waals surface area (Å²) in [5, 5.41) is 8.13. The Hall–Kier alpha value is -3.47. The van der Waals surface area contributed by atoms with Crippen molar-refractivity contribution in [2.24, 2.45) is 7.05 Å². The Balaban J connectivity index is 1.69. The summed E-state index contributed by atoms with van der Waals surface area (Å²) >= 11 is 0. The molecule has 0 spiro atoms. The van der Waals surface area contributed by atoms with Crippen molar-refractivity contribution in [1.82, 2.24) is 14.8 Å². The van der Waals surface area contributed by atoms with Crippen molar-refractivity contribution in [2.45, 2.75) is 0 Å². The van der Waals surface area contributed by atoms with E-state index in [2.05, 4.69) is 39.9 Å². The van der Waals surface area contributed by atoms with E-state index in [0.717, 1.165) is 28.3 Å². The molecule has 5 heteroatoms. The lowest BCUT2D eigenvalue weighted by Gasteiger charge is -2.07. The van der Waals surface area contributed by atoms with Gasteiger partial charge < -0.3 is 4.57 Å². The molecule has 4 aromatic rings. The predicted molar refractivity (Wildman–Crippen MR) is 97.5 cm³/mol. The van der Waals surface area contributed by atoms with Gasteiger partial charge in [0.25, 0.3) is 0 Å². The Morgan fingerprint density at radius 3 is 2.48 bits per heavy atom. The molecule has 0 saturated carbocycles. The second-order valence-corrected chi connectivity index (χ2v) is 5.78. The maximum absolute atomic E-state index is 4.18. The van der Waals surface area contributed by atoms with Gasteiger partial charge >= 0.3 is 0 Å². The Morgan fingerprint density at radius 1 is 0.880 bits per heavy atom. The Labute approximate surface area is 146 Å². The number of hydrogen-bond donors (Lipinski definition) is 1. The minimum absolute atomic E-state index is 0.838. The standard InChI is InChI=1S/C20H18N5/c1-24-15-21-22-20(24)17-10-7-11-18(14-17)23-25-13-6-5-12-19(25)16-8-3-2-4-9-16/h2-15,23H,1H3/q+1. The number of aryl methyl sites for hydroxylation is 1. The van der Waals surface area contributed by atoms with E-state index in [-0.39, 0.29) is 0 Å². The van der Waals surface area contributed by atoms with E-state index >= 15 is 0 Å². The van der Waals surface area contributed by atoms with Crippen molar-refractivity contribution in [1.29, 1.82) is 0 Å². The third-order valence-corrected chi connectivity index (χ3v) is 4.01. The molecule has 0 aliphatic rings. The van der Waals surface area contributed by atoms with Crippen LogP contribution in [0.2, 0.25) is 0 Å². The van der Waals surface area contributed by atoms with Crippen LogP contribution < -0.4 is 10.1 Å². The minimum Gasteiger partial charge on any atom is -0.317 e. The van der Waals surface area contributed by atoms with Gasteiger partial charge in [-0.2, -0.15) is 5.43 Å². The zero-order valence-corrected chi connectivity index (χ0v) is 13.9. The predicted octanol–water partition coefficient (Wildman–Crippen LogP) is 3.31. The molecule has 0 unspecified atom stereocenters. The van der Waals surface area contributed by atoms with E-state index in [0.29, 0.717) is 0 Å². The highest BCUT2D eigenvalue weighted by Gasteiger charge is 2.13. The highest BCUT2D eigenvalue weighted by atomic mass is 15.4. The summed E-state index contributed by atoms with van der Waals surface area (Å²) in [5.41, 5.74) is 7.69. The molecule has 0 radical (unpaired) electrons. The lowest BCUT2D eigenvalue weighted by atomic mass is 10.1. The summed E-state index contributed by atoms with van der Waals surface area (Å²) in [6, 6.07) is 24.6. The Morgan fingerprint density at radius 2 is 1.68 bits per heavy atom. The van der Waals surface area contributed by atoms with E-state index in [4.69, 9.17) is 0 Å². The molecule has 5 nitrogen and oxygen atoms in total. The molecular formula is C20H18N5+. The first-order chi connectivity index (χ1) is 12.3. The average Bonchev–Trinajstić information content (AvgIpc) is 3.09. The van der Waals surface area contributed by atoms with Crippen LogP contribution in [0.4, 0.5) is 5.69 Å². The van der Waals surface area contributed by atoms with Crippen molar-refractivity contribution in [3.8, 4) is 22.6 Å². The third-order valence-electron chi connectivity index (χ3n) is 4.01. The second-order valence-electron chi connectivity index (χ2n) is 5.78. The van der Waals surface area contributed by atoms with Crippen molar-refractivity contribution >= 4 is 5.69 Å². The van der Waals surface area contributed by atoms with Gasteiger partial charge in [0.2, 0.25) is 11.9 Å². The fraction of sp³-hybridized carbons (Fsp3) is 0.0500. The number of hydrogen-bond acceptors (Lipinski definition) is 3. The molecule has 2 aromatic heterocycles. The first-order valence-electron chi connectivity index (χ1n) is 8.09. The molecule has 0 fully saturated rings. The van der Waals surface area contributed by atoms with Gasteiger partial charge in [0.05, 0.1) is 5.69 Å². The number of benzene rings is 2. The van der Waals surface area contributed by atoms with Crippen molar-refractivity contribution < 1.29 is 4.68 Å². The molecule has 25 heavy (non-hydrogen) atoms. The zero-order valence-electron chi connectivity index (χ0n) is 13.9. The highest BCUT2D eigenvalue weighted by Crippen LogP contribution is 2.20. The van der Waals surface area contributed by atoms with E-state index in [1.807, 2.05) is 71.0 Å². The normalized spacial score (nSPS) is 10.6. The number of nitrogens with one attached hydrogen (secondary N) is 1. The quantitative estimate of drug-likeness (QED) is 0.585. The summed E-state index contributed by atoms with van der Waals surface area (Å²) in [4.78, 5) is 0. The van der Waals surface area contributed by atoms with Crippen molar-refractivity contribution in [3.63, 3.8) is 0 Å². The molecule has 0 amide bonds. The number of pyridine rings is 1. The maximum Gasteiger partial charge on any atom is 0.242 e. The van der Waals surface area contributed by atoms with E-state index in [1.165, 1.54) is 0 Å². The number of rotatable bonds is 4. The van der Waals surface area contributed by atoms with Gasteiger partial charge in [-0.25, -0.2) is 0 Å². The fourth-order valence-corrected chi connectivity index (χ4v) is 2.80. The molecule has 0 bridgehead atoms. The van der Waals surface area contributed by atoms with Gasteiger partial charge in [0.15, 0.2) is 5.82 Å². The molecule has 0 atom stereocenters. The number of anilines is 1. The first-order valence-corrected chi connectivity index (χ1v) is 8.09. The molecule has 122 valence electrons. The first kappa shape index (κ1) is 15.1. The molecule has 1 N–H and O–H groups in total. The summed E-state index contributed by atoms with van der Waals surface area (Å²) in [6.45, 7) is 0. The van der Waals surface area contributed by atoms with E-state index < -0.39 is 0 Å². The summed E-state index contributed by atoms with van der Waals surface area (Å²) in [7, 11) is 1.94. The third kappa shape index (κ3) is 3.12. The van der Waals surface area contributed by atoms with Gasteiger partial charge in [-0.1, -0.05) is 35.0 Å². The van der Waals surface area contributed by atoms with Crippen molar-refractivity contribution in [2.75, 3.05) is 5.43 Å². The molecular weight excluding hydrogens is 310 g/mol. The van der Waals surface area contributed by atoms with Crippen LogP contribution in [0.3, 0.4) is 0 Å². The Bertz CT molecular complexity index is 992. The van der Waals surface area contributed by atoms with Crippen LogP contribution in [0.1, 0.15) is 0 Å². The van der Waals surface area contributed by atoms with Gasteiger partial charge in [-0.15, -0.1) is 10.2 Å². The molecule has 0 aliphatic heterocycles. The minimum atomic E-state index is 0.838. The van der Waals surface area contributed by atoms with Crippen LogP contribution in [0.15, 0.2) is 85.3 Å². The SMILES string of the molecule is Cn1cnnc1-c1cccc(N[n+]2ccccc2-c2ccccc2)c1. The largest absolute Gasteiger partial charge is 0.317 e. The maximum atomic E-state index is 4.18. The molecule has 0 saturated heterocycles. The van der Waals surface area contributed by atoms with Gasteiger partial charge in [-0.05, 0) is 30.3 Å². The van der Waals surface area contributed by atoms with Crippen LogP contribution in [-0.4, -0.2) is 14.8 Å². The Kier molecular flexibility index (Phi) is 3.96. The van der Waals surface area contributed by atoms with Gasteiger partial charge in [0, 0.05) is 30.3 Å². The number of aromatic nitrogens is 4. The van der Waals surface area contributed by atoms with Crippen LogP contribution >= 0.6 is 0 Å².